The van der Waals surface area contributed by atoms with Crippen molar-refractivity contribution in [2.75, 3.05) is 29.9 Å². The number of hydrogen-bond donors (Lipinski definition) is 2. The van der Waals surface area contributed by atoms with Crippen LogP contribution in [-0.2, 0) is 11.2 Å². The molecule has 5 nitrogen and oxygen atoms in total. The van der Waals surface area contributed by atoms with E-state index in [1.165, 1.54) is 5.56 Å². The van der Waals surface area contributed by atoms with E-state index in [0.717, 1.165) is 43.6 Å². The predicted molar refractivity (Wildman–Crippen MR) is 143 cm³/mol. The minimum absolute atomic E-state index is 0.142. The van der Waals surface area contributed by atoms with Crippen LogP contribution in [0.2, 0.25) is 0 Å². The standard InChI is InChI=1S/C29H32ClN3O2/c1-21-15-18-33(19-16-21)26-13-12-24(32-29(35)27(30)23-10-6-3-7-11-23)20-25(26)28(34)31-17-14-22-8-4-2-5-9-22/h2-13,20-21,27H,14-19H2,1H3,(H,31,34)(H,32,35). The van der Waals surface area contributed by atoms with Crippen molar-refractivity contribution < 1.29 is 9.59 Å². The summed E-state index contributed by atoms with van der Waals surface area (Å²) < 4.78 is 0. The Labute approximate surface area is 212 Å². The average molecular weight is 490 g/mol. The molecule has 4 rings (SSSR count). The number of carbonyl (C=O) groups is 2. The molecule has 2 N–H and O–H groups in total. The first-order valence-electron chi connectivity index (χ1n) is 12.2. The van der Waals surface area contributed by atoms with Crippen molar-refractivity contribution in [1.82, 2.24) is 5.32 Å². The Kier molecular flexibility index (Phi) is 8.43. The van der Waals surface area contributed by atoms with Gasteiger partial charge in [-0.3, -0.25) is 9.59 Å². The SMILES string of the molecule is CC1CCN(c2ccc(NC(=O)C(Cl)c3ccccc3)cc2C(=O)NCCc2ccccc2)CC1. The number of hydrogen-bond acceptors (Lipinski definition) is 3. The maximum Gasteiger partial charge on any atom is 0.253 e. The topological polar surface area (TPSA) is 61.4 Å². The molecule has 1 aliphatic heterocycles. The number of alkyl halides is 1. The van der Waals surface area contributed by atoms with Crippen molar-refractivity contribution in [3.8, 4) is 0 Å². The molecule has 1 unspecified atom stereocenters. The number of nitrogens with zero attached hydrogens (tertiary/aromatic N) is 1. The Morgan fingerprint density at radius 3 is 2.31 bits per heavy atom. The lowest BCUT2D eigenvalue weighted by atomic mass is 9.97. The van der Waals surface area contributed by atoms with Gasteiger partial charge < -0.3 is 15.5 Å². The first kappa shape index (κ1) is 24.8. The van der Waals surface area contributed by atoms with E-state index in [-0.39, 0.29) is 11.8 Å². The van der Waals surface area contributed by atoms with Crippen molar-refractivity contribution >= 4 is 34.8 Å². The molecule has 3 aromatic carbocycles. The van der Waals surface area contributed by atoms with Gasteiger partial charge in [-0.05, 0) is 54.5 Å². The summed E-state index contributed by atoms with van der Waals surface area (Å²) in [5, 5.41) is 5.13. The van der Waals surface area contributed by atoms with Gasteiger partial charge in [-0.1, -0.05) is 67.6 Å². The highest BCUT2D eigenvalue weighted by atomic mass is 35.5. The molecule has 0 aliphatic carbocycles. The number of rotatable bonds is 8. The molecule has 0 spiro atoms. The van der Waals surface area contributed by atoms with E-state index >= 15 is 0 Å². The van der Waals surface area contributed by atoms with Gasteiger partial charge >= 0.3 is 0 Å². The summed E-state index contributed by atoms with van der Waals surface area (Å²) in [6, 6.07) is 24.9. The summed E-state index contributed by atoms with van der Waals surface area (Å²) in [6.07, 6.45) is 2.95. The van der Waals surface area contributed by atoms with E-state index < -0.39 is 5.38 Å². The molecule has 3 aromatic rings. The summed E-state index contributed by atoms with van der Waals surface area (Å²) in [5.74, 6) is 0.218. The summed E-state index contributed by atoms with van der Waals surface area (Å²) in [7, 11) is 0. The first-order valence-corrected chi connectivity index (χ1v) is 12.7. The second kappa shape index (κ2) is 11.9. The average Bonchev–Trinajstić information content (AvgIpc) is 2.90. The fraction of sp³-hybridized carbons (Fsp3) is 0.310. The molecule has 1 heterocycles. The Balaban J connectivity index is 1.51. The van der Waals surface area contributed by atoms with Crippen LogP contribution in [-0.4, -0.2) is 31.4 Å². The zero-order chi connectivity index (χ0) is 24.6. The van der Waals surface area contributed by atoms with E-state index in [2.05, 4.69) is 34.6 Å². The first-order chi connectivity index (χ1) is 17.0. The van der Waals surface area contributed by atoms with Gasteiger partial charge in [-0.15, -0.1) is 11.6 Å². The van der Waals surface area contributed by atoms with Crippen LogP contribution in [0, 0.1) is 5.92 Å². The number of amides is 2. The molecule has 2 amide bonds. The van der Waals surface area contributed by atoms with E-state index in [0.29, 0.717) is 23.7 Å². The Bertz CT molecular complexity index is 1130. The van der Waals surface area contributed by atoms with Crippen LogP contribution in [0.3, 0.4) is 0 Å². The van der Waals surface area contributed by atoms with Gasteiger partial charge in [0.2, 0.25) is 5.91 Å². The van der Waals surface area contributed by atoms with Crippen LogP contribution in [0.4, 0.5) is 11.4 Å². The highest BCUT2D eigenvalue weighted by molar-refractivity contribution is 6.32. The van der Waals surface area contributed by atoms with Crippen molar-refractivity contribution in [3.05, 3.63) is 95.6 Å². The van der Waals surface area contributed by atoms with Crippen LogP contribution in [0.1, 0.15) is 46.6 Å². The van der Waals surface area contributed by atoms with Crippen LogP contribution in [0.15, 0.2) is 78.9 Å². The maximum atomic E-state index is 13.3. The quantitative estimate of drug-likeness (QED) is 0.392. The molecule has 0 radical (unpaired) electrons. The van der Waals surface area contributed by atoms with Crippen molar-refractivity contribution in [1.29, 1.82) is 0 Å². The van der Waals surface area contributed by atoms with E-state index in [4.69, 9.17) is 11.6 Å². The molecule has 1 aliphatic rings. The lowest BCUT2D eigenvalue weighted by Gasteiger charge is -2.33. The number of halogens is 1. The summed E-state index contributed by atoms with van der Waals surface area (Å²) in [4.78, 5) is 28.3. The summed E-state index contributed by atoms with van der Waals surface area (Å²) in [6.45, 7) is 4.63. The normalized spacial score (nSPS) is 14.9. The maximum absolute atomic E-state index is 13.3. The number of carbonyl (C=O) groups excluding carboxylic acids is 2. The fourth-order valence-corrected chi connectivity index (χ4v) is 4.56. The molecule has 35 heavy (non-hydrogen) atoms. The molecule has 1 fully saturated rings. The van der Waals surface area contributed by atoms with Crippen molar-refractivity contribution in [2.24, 2.45) is 5.92 Å². The molecule has 0 bridgehead atoms. The third-order valence-corrected chi connectivity index (χ3v) is 6.95. The van der Waals surface area contributed by atoms with Gasteiger partial charge in [0.1, 0.15) is 5.38 Å². The Morgan fingerprint density at radius 2 is 1.63 bits per heavy atom. The van der Waals surface area contributed by atoms with Gasteiger partial charge in [-0.25, -0.2) is 0 Å². The largest absolute Gasteiger partial charge is 0.371 e. The van der Waals surface area contributed by atoms with E-state index in [9.17, 15) is 9.59 Å². The summed E-state index contributed by atoms with van der Waals surface area (Å²) in [5.41, 5.74) is 3.92. The lowest BCUT2D eigenvalue weighted by molar-refractivity contribution is -0.116. The minimum Gasteiger partial charge on any atom is -0.371 e. The van der Waals surface area contributed by atoms with Gasteiger partial charge in [0.25, 0.3) is 5.91 Å². The van der Waals surface area contributed by atoms with E-state index in [1.54, 1.807) is 6.07 Å². The highest BCUT2D eigenvalue weighted by Crippen LogP contribution is 2.30. The Hall–Kier alpha value is -3.31. The molecule has 1 saturated heterocycles. The third kappa shape index (κ3) is 6.64. The van der Waals surface area contributed by atoms with Gasteiger partial charge in [0.15, 0.2) is 0 Å². The fourth-order valence-electron chi connectivity index (χ4n) is 4.36. The van der Waals surface area contributed by atoms with Gasteiger partial charge in [0.05, 0.1) is 5.56 Å². The third-order valence-electron chi connectivity index (χ3n) is 6.50. The molecular formula is C29H32ClN3O2. The molecule has 6 heteroatoms. The number of benzene rings is 3. The summed E-state index contributed by atoms with van der Waals surface area (Å²) >= 11 is 6.40. The number of piperidine rings is 1. The van der Waals surface area contributed by atoms with Gasteiger partial charge in [0, 0.05) is 31.0 Å². The van der Waals surface area contributed by atoms with Crippen LogP contribution >= 0.6 is 11.6 Å². The smallest absolute Gasteiger partial charge is 0.253 e. The molecular weight excluding hydrogens is 458 g/mol. The van der Waals surface area contributed by atoms with Crippen molar-refractivity contribution in [3.63, 3.8) is 0 Å². The Morgan fingerprint density at radius 1 is 0.971 bits per heavy atom. The van der Waals surface area contributed by atoms with Gasteiger partial charge in [-0.2, -0.15) is 0 Å². The van der Waals surface area contributed by atoms with E-state index in [1.807, 2.05) is 60.7 Å². The molecule has 0 aromatic heterocycles. The predicted octanol–water partition coefficient (Wildman–Crippen LogP) is 5.81. The molecule has 182 valence electrons. The van der Waals surface area contributed by atoms with Crippen LogP contribution in [0.25, 0.3) is 0 Å². The molecule has 1 atom stereocenters. The number of nitrogens with one attached hydrogen (secondary N) is 2. The second-order valence-electron chi connectivity index (χ2n) is 9.16. The second-order valence-corrected chi connectivity index (χ2v) is 9.59. The van der Waals surface area contributed by atoms with Crippen LogP contribution < -0.4 is 15.5 Å². The molecule has 0 saturated carbocycles. The monoisotopic (exact) mass is 489 g/mol. The number of anilines is 2. The highest BCUT2D eigenvalue weighted by Gasteiger charge is 2.23. The minimum atomic E-state index is -0.817. The van der Waals surface area contributed by atoms with Crippen LogP contribution in [0.5, 0.6) is 0 Å². The zero-order valence-electron chi connectivity index (χ0n) is 20.0. The van der Waals surface area contributed by atoms with Crippen molar-refractivity contribution in [2.45, 2.75) is 31.6 Å². The lowest BCUT2D eigenvalue weighted by Crippen LogP contribution is -2.35. The zero-order valence-corrected chi connectivity index (χ0v) is 20.8.